The smallest absolute Gasteiger partial charge is 0.307 e. The van der Waals surface area contributed by atoms with E-state index in [-0.39, 0.29) is 6.03 Å². The predicted molar refractivity (Wildman–Crippen MR) is 105 cm³/mol. The summed E-state index contributed by atoms with van der Waals surface area (Å²) in [4.78, 5) is 12.6. The Bertz CT molecular complexity index is 1060. The standard InChI is InChI=1S/C21H18N4O/c1-15-14-20(25(24-15)17-10-3-2-4-11-17)23-21(26)22-19-13-7-9-16-8-5-6-12-18(16)19/h2-14H,1H3,(H2,22,23,26). The van der Waals surface area contributed by atoms with E-state index in [2.05, 4.69) is 15.7 Å². The van der Waals surface area contributed by atoms with Crippen LogP contribution in [0, 0.1) is 6.92 Å². The zero-order chi connectivity index (χ0) is 17.9. The van der Waals surface area contributed by atoms with Crippen LogP contribution in [0.3, 0.4) is 0 Å². The van der Waals surface area contributed by atoms with Crippen molar-refractivity contribution in [1.29, 1.82) is 0 Å². The molecule has 2 N–H and O–H groups in total. The summed E-state index contributed by atoms with van der Waals surface area (Å²) in [6, 6.07) is 25.0. The Balaban J connectivity index is 1.59. The Labute approximate surface area is 151 Å². The maximum absolute atomic E-state index is 12.6. The van der Waals surface area contributed by atoms with Crippen LogP contribution in [0.15, 0.2) is 78.9 Å². The third kappa shape index (κ3) is 3.15. The van der Waals surface area contributed by atoms with Crippen LogP contribution < -0.4 is 10.6 Å². The van der Waals surface area contributed by atoms with Gasteiger partial charge in [-0.3, -0.25) is 5.32 Å². The van der Waals surface area contributed by atoms with Crippen LogP contribution in [-0.4, -0.2) is 15.8 Å². The van der Waals surface area contributed by atoms with Crippen molar-refractivity contribution in [3.8, 4) is 5.69 Å². The summed E-state index contributed by atoms with van der Waals surface area (Å²) in [6.07, 6.45) is 0. The van der Waals surface area contributed by atoms with Gasteiger partial charge in [0.15, 0.2) is 0 Å². The fraction of sp³-hybridized carbons (Fsp3) is 0.0476. The van der Waals surface area contributed by atoms with Crippen molar-refractivity contribution in [3.63, 3.8) is 0 Å². The summed E-state index contributed by atoms with van der Waals surface area (Å²) in [5, 5.41) is 12.4. The van der Waals surface area contributed by atoms with E-state index in [9.17, 15) is 4.79 Å². The summed E-state index contributed by atoms with van der Waals surface area (Å²) < 4.78 is 1.72. The summed E-state index contributed by atoms with van der Waals surface area (Å²) in [5.74, 6) is 0.617. The molecule has 26 heavy (non-hydrogen) atoms. The number of rotatable bonds is 3. The monoisotopic (exact) mass is 342 g/mol. The number of nitrogens with one attached hydrogen (secondary N) is 2. The fourth-order valence-corrected chi connectivity index (χ4v) is 2.96. The van der Waals surface area contributed by atoms with Crippen molar-refractivity contribution in [2.75, 3.05) is 10.6 Å². The molecule has 0 unspecified atom stereocenters. The molecule has 3 aromatic carbocycles. The first-order chi connectivity index (χ1) is 12.7. The molecule has 0 bridgehead atoms. The highest BCUT2D eigenvalue weighted by Crippen LogP contribution is 2.23. The van der Waals surface area contributed by atoms with Crippen LogP contribution in [0.1, 0.15) is 5.69 Å². The number of amides is 2. The van der Waals surface area contributed by atoms with Crippen molar-refractivity contribution in [1.82, 2.24) is 9.78 Å². The van der Waals surface area contributed by atoms with Gasteiger partial charge < -0.3 is 5.32 Å². The number of aryl methyl sites for hydroxylation is 1. The molecular weight excluding hydrogens is 324 g/mol. The largest absolute Gasteiger partial charge is 0.324 e. The van der Waals surface area contributed by atoms with E-state index in [0.29, 0.717) is 5.82 Å². The highest BCUT2D eigenvalue weighted by Gasteiger charge is 2.11. The third-order valence-corrected chi connectivity index (χ3v) is 4.11. The van der Waals surface area contributed by atoms with Crippen molar-refractivity contribution in [2.24, 2.45) is 0 Å². The Morgan fingerprint density at radius 2 is 1.62 bits per heavy atom. The molecule has 2 amide bonds. The van der Waals surface area contributed by atoms with Crippen molar-refractivity contribution in [2.45, 2.75) is 6.92 Å². The van der Waals surface area contributed by atoms with Gasteiger partial charge in [-0.2, -0.15) is 5.10 Å². The molecule has 0 aliphatic carbocycles. The molecule has 0 radical (unpaired) electrons. The molecule has 4 aromatic rings. The van der Waals surface area contributed by atoms with Gasteiger partial charge in [-0.15, -0.1) is 0 Å². The average molecular weight is 342 g/mol. The molecule has 0 aliphatic rings. The predicted octanol–water partition coefficient (Wildman–Crippen LogP) is 4.98. The van der Waals surface area contributed by atoms with E-state index in [4.69, 9.17) is 0 Å². The second-order valence-electron chi connectivity index (χ2n) is 6.02. The first-order valence-electron chi connectivity index (χ1n) is 8.38. The lowest BCUT2D eigenvalue weighted by Crippen LogP contribution is -2.21. The second kappa shape index (κ2) is 6.72. The summed E-state index contributed by atoms with van der Waals surface area (Å²) in [5.41, 5.74) is 2.48. The lowest BCUT2D eigenvalue weighted by atomic mass is 10.1. The SMILES string of the molecule is Cc1cc(NC(=O)Nc2cccc3ccccc23)n(-c2ccccc2)n1. The number of carbonyl (C=O) groups is 1. The Kier molecular flexibility index (Phi) is 4.11. The molecular formula is C21H18N4O. The Morgan fingerprint density at radius 1 is 0.885 bits per heavy atom. The molecule has 0 fully saturated rings. The number of hydrogen-bond donors (Lipinski definition) is 2. The van der Waals surface area contributed by atoms with Gasteiger partial charge in [0, 0.05) is 11.5 Å². The van der Waals surface area contributed by atoms with Gasteiger partial charge in [0.05, 0.1) is 17.1 Å². The van der Waals surface area contributed by atoms with Crippen LogP contribution in [0.2, 0.25) is 0 Å². The molecule has 0 spiro atoms. The first-order valence-corrected chi connectivity index (χ1v) is 8.38. The normalized spacial score (nSPS) is 10.7. The quantitative estimate of drug-likeness (QED) is 0.552. The lowest BCUT2D eigenvalue weighted by molar-refractivity contribution is 0.262. The highest BCUT2D eigenvalue weighted by molar-refractivity contribution is 6.06. The zero-order valence-electron chi connectivity index (χ0n) is 14.3. The van der Waals surface area contributed by atoms with Crippen LogP contribution in [0.25, 0.3) is 16.5 Å². The van der Waals surface area contributed by atoms with E-state index in [1.165, 1.54) is 0 Å². The van der Waals surface area contributed by atoms with Gasteiger partial charge in [-0.1, -0.05) is 54.6 Å². The molecule has 1 heterocycles. The minimum atomic E-state index is -0.307. The molecule has 5 nitrogen and oxygen atoms in total. The van der Waals surface area contributed by atoms with Crippen LogP contribution in [0.4, 0.5) is 16.3 Å². The van der Waals surface area contributed by atoms with E-state index in [0.717, 1.165) is 27.8 Å². The first kappa shape index (κ1) is 15.9. The Hall–Kier alpha value is -3.60. The van der Waals surface area contributed by atoms with Gasteiger partial charge in [0.25, 0.3) is 0 Å². The number of benzene rings is 3. The average Bonchev–Trinajstić information content (AvgIpc) is 3.03. The summed E-state index contributed by atoms with van der Waals surface area (Å²) in [6.45, 7) is 1.90. The molecule has 0 aliphatic heterocycles. The van der Waals surface area contributed by atoms with E-state index in [1.54, 1.807) is 4.68 Å². The lowest BCUT2D eigenvalue weighted by Gasteiger charge is -2.11. The highest BCUT2D eigenvalue weighted by atomic mass is 16.2. The van der Waals surface area contributed by atoms with E-state index >= 15 is 0 Å². The van der Waals surface area contributed by atoms with Crippen LogP contribution in [0.5, 0.6) is 0 Å². The maximum Gasteiger partial charge on any atom is 0.324 e. The molecule has 0 saturated heterocycles. The van der Waals surface area contributed by atoms with Gasteiger partial charge >= 0.3 is 6.03 Å². The fourth-order valence-electron chi connectivity index (χ4n) is 2.96. The Morgan fingerprint density at radius 3 is 2.46 bits per heavy atom. The zero-order valence-corrected chi connectivity index (χ0v) is 14.3. The topological polar surface area (TPSA) is 59.0 Å². The number of aromatic nitrogens is 2. The number of anilines is 2. The second-order valence-corrected chi connectivity index (χ2v) is 6.02. The van der Waals surface area contributed by atoms with Crippen molar-refractivity contribution < 1.29 is 4.79 Å². The third-order valence-electron chi connectivity index (χ3n) is 4.11. The van der Waals surface area contributed by atoms with Crippen LogP contribution in [-0.2, 0) is 0 Å². The number of para-hydroxylation sites is 1. The summed E-state index contributed by atoms with van der Waals surface area (Å²) in [7, 11) is 0. The number of nitrogens with zero attached hydrogens (tertiary/aromatic N) is 2. The van der Waals surface area contributed by atoms with E-state index in [1.807, 2.05) is 85.8 Å². The van der Waals surface area contributed by atoms with Gasteiger partial charge in [0.1, 0.15) is 5.82 Å². The van der Waals surface area contributed by atoms with E-state index < -0.39 is 0 Å². The maximum atomic E-state index is 12.6. The van der Waals surface area contributed by atoms with Gasteiger partial charge in [0.2, 0.25) is 0 Å². The van der Waals surface area contributed by atoms with Crippen LogP contribution >= 0.6 is 0 Å². The molecule has 128 valence electrons. The van der Waals surface area contributed by atoms with Crippen molar-refractivity contribution in [3.05, 3.63) is 84.6 Å². The molecule has 5 heteroatoms. The van der Waals surface area contributed by atoms with Gasteiger partial charge in [-0.25, -0.2) is 9.48 Å². The van der Waals surface area contributed by atoms with Crippen molar-refractivity contribution >= 4 is 28.3 Å². The number of carbonyl (C=O) groups excluding carboxylic acids is 1. The minimum Gasteiger partial charge on any atom is -0.307 e. The molecule has 0 saturated carbocycles. The molecule has 0 atom stereocenters. The number of fused-ring (bicyclic) bond motifs is 1. The minimum absolute atomic E-state index is 0.307. The van der Waals surface area contributed by atoms with Gasteiger partial charge in [-0.05, 0) is 30.5 Å². The molecule has 4 rings (SSSR count). The summed E-state index contributed by atoms with van der Waals surface area (Å²) >= 11 is 0. The number of urea groups is 1. The molecule has 1 aromatic heterocycles. The number of hydrogen-bond acceptors (Lipinski definition) is 2.